The maximum atomic E-state index is 13.6. The summed E-state index contributed by atoms with van der Waals surface area (Å²) in [5.41, 5.74) is 8.28. The molecule has 0 bridgehead atoms. The fraction of sp³-hybridized carbons (Fsp3) is 0.407. The van der Waals surface area contributed by atoms with Crippen LogP contribution in [0.5, 0.6) is 0 Å². The van der Waals surface area contributed by atoms with Crippen molar-refractivity contribution >= 4 is 17.7 Å². The number of amides is 3. The number of hydrogen-bond acceptors (Lipinski definition) is 5. The van der Waals surface area contributed by atoms with Crippen LogP contribution < -0.4 is 11.1 Å². The summed E-state index contributed by atoms with van der Waals surface area (Å²) >= 11 is 0. The van der Waals surface area contributed by atoms with Crippen LogP contribution in [0.3, 0.4) is 0 Å². The SMILES string of the molecule is CCC[C@@H]1C(=O)N(C(Cc2ccc(C#N)cc2)C(=O)NC)CCN1C(=O)C(N)Cc1ccc(F)cc1. The highest BCUT2D eigenvalue weighted by Crippen LogP contribution is 2.22. The summed E-state index contributed by atoms with van der Waals surface area (Å²) < 4.78 is 13.2. The van der Waals surface area contributed by atoms with Crippen molar-refractivity contribution in [2.24, 2.45) is 5.73 Å². The minimum atomic E-state index is -0.873. The quantitative estimate of drug-likeness (QED) is 0.552. The minimum absolute atomic E-state index is 0.197. The second kappa shape index (κ2) is 12.3. The van der Waals surface area contributed by atoms with Gasteiger partial charge in [-0.2, -0.15) is 5.26 Å². The Balaban J connectivity index is 1.78. The van der Waals surface area contributed by atoms with Crippen LogP contribution in [0.2, 0.25) is 0 Å². The van der Waals surface area contributed by atoms with Crippen molar-refractivity contribution in [2.45, 2.75) is 50.7 Å². The third-order valence-corrected chi connectivity index (χ3v) is 6.49. The third-order valence-electron chi connectivity index (χ3n) is 6.49. The normalized spacial score (nSPS) is 17.3. The first-order valence-corrected chi connectivity index (χ1v) is 12.1. The summed E-state index contributed by atoms with van der Waals surface area (Å²) in [5, 5.41) is 11.7. The first kappa shape index (κ1) is 26.8. The van der Waals surface area contributed by atoms with E-state index in [4.69, 9.17) is 11.0 Å². The largest absolute Gasteiger partial charge is 0.357 e. The number of nitriles is 1. The molecule has 190 valence electrons. The van der Waals surface area contributed by atoms with Crippen LogP contribution in [-0.4, -0.2) is 65.8 Å². The molecule has 36 heavy (non-hydrogen) atoms. The number of benzene rings is 2. The second-order valence-corrected chi connectivity index (χ2v) is 8.95. The number of rotatable bonds is 9. The molecule has 0 radical (unpaired) electrons. The average Bonchev–Trinajstić information content (AvgIpc) is 2.89. The third kappa shape index (κ3) is 6.26. The van der Waals surface area contributed by atoms with Gasteiger partial charge in [0.05, 0.1) is 17.7 Å². The highest BCUT2D eigenvalue weighted by atomic mass is 19.1. The van der Waals surface area contributed by atoms with Gasteiger partial charge in [-0.1, -0.05) is 37.6 Å². The molecule has 3 atom stereocenters. The topological polar surface area (TPSA) is 120 Å². The van der Waals surface area contributed by atoms with Gasteiger partial charge < -0.3 is 20.9 Å². The van der Waals surface area contributed by atoms with Crippen molar-refractivity contribution in [1.29, 1.82) is 5.26 Å². The first-order chi connectivity index (χ1) is 17.3. The molecule has 0 aromatic heterocycles. The van der Waals surface area contributed by atoms with E-state index < -0.39 is 18.1 Å². The smallest absolute Gasteiger partial charge is 0.246 e. The lowest BCUT2D eigenvalue weighted by atomic mass is 9.97. The summed E-state index contributed by atoms with van der Waals surface area (Å²) in [4.78, 5) is 42.8. The van der Waals surface area contributed by atoms with Gasteiger partial charge >= 0.3 is 0 Å². The zero-order chi connectivity index (χ0) is 26.2. The molecule has 8 nitrogen and oxygen atoms in total. The Morgan fingerprint density at radius 3 is 2.31 bits per heavy atom. The number of halogens is 1. The maximum Gasteiger partial charge on any atom is 0.246 e. The van der Waals surface area contributed by atoms with E-state index in [2.05, 4.69) is 11.4 Å². The first-order valence-electron chi connectivity index (χ1n) is 12.1. The predicted octanol–water partition coefficient (Wildman–Crippen LogP) is 1.76. The van der Waals surface area contributed by atoms with E-state index in [1.165, 1.54) is 24.1 Å². The van der Waals surface area contributed by atoms with Crippen LogP contribution in [0.25, 0.3) is 0 Å². The molecule has 0 saturated carbocycles. The molecular formula is C27H32FN5O3. The molecule has 1 aliphatic rings. The van der Waals surface area contributed by atoms with E-state index in [0.717, 1.165) is 11.1 Å². The minimum Gasteiger partial charge on any atom is -0.357 e. The lowest BCUT2D eigenvalue weighted by molar-refractivity contribution is -0.156. The second-order valence-electron chi connectivity index (χ2n) is 8.95. The number of hydrogen-bond donors (Lipinski definition) is 2. The lowest BCUT2D eigenvalue weighted by Gasteiger charge is -2.44. The van der Waals surface area contributed by atoms with Crippen molar-refractivity contribution in [2.75, 3.05) is 20.1 Å². The molecule has 3 amide bonds. The van der Waals surface area contributed by atoms with Gasteiger partial charge in [0.2, 0.25) is 17.7 Å². The molecular weight excluding hydrogens is 461 g/mol. The maximum absolute atomic E-state index is 13.6. The van der Waals surface area contributed by atoms with Crippen molar-refractivity contribution < 1.29 is 18.8 Å². The molecule has 2 aromatic carbocycles. The molecule has 3 rings (SSSR count). The monoisotopic (exact) mass is 493 g/mol. The molecule has 1 heterocycles. The molecule has 0 spiro atoms. The number of carbonyl (C=O) groups excluding carboxylic acids is 3. The van der Waals surface area contributed by atoms with Crippen LogP contribution in [0.15, 0.2) is 48.5 Å². The average molecular weight is 494 g/mol. The van der Waals surface area contributed by atoms with Gasteiger partial charge in [-0.3, -0.25) is 14.4 Å². The zero-order valence-corrected chi connectivity index (χ0v) is 20.6. The highest BCUT2D eigenvalue weighted by molar-refractivity contribution is 5.94. The number of piperazine rings is 1. The van der Waals surface area contributed by atoms with Gasteiger partial charge in [0.15, 0.2) is 0 Å². The molecule has 2 aromatic rings. The van der Waals surface area contributed by atoms with E-state index in [9.17, 15) is 18.8 Å². The molecule has 2 unspecified atom stereocenters. The van der Waals surface area contributed by atoms with Gasteiger partial charge in [-0.15, -0.1) is 0 Å². The van der Waals surface area contributed by atoms with E-state index >= 15 is 0 Å². The fourth-order valence-corrected chi connectivity index (χ4v) is 4.56. The van der Waals surface area contributed by atoms with Gasteiger partial charge in [-0.25, -0.2) is 4.39 Å². The van der Waals surface area contributed by atoms with Crippen LogP contribution in [-0.2, 0) is 27.2 Å². The highest BCUT2D eigenvalue weighted by Gasteiger charge is 2.42. The summed E-state index contributed by atoms with van der Waals surface area (Å²) in [6.45, 7) is 2.38. The van der Waals surface area contributed by atoms with Crippen LogP contribution in [0, 0.1) is 17.1 Å². The summed E-state index contributed by atoms with van der Waals surface area (Å²) in [5.74, 6) is -1.28. The van der Waals surface area contributed by atoms with E-state index in [0.29, 0.717) is 18.4 Å². The van der Waals surface area contributed by atoms with E-state index in [1.807, 2.05) is 6.92 Å². The van der Waals surface area contributed by atoms with Gasteiger partial charge in [-0.05, 0) is 48.2 Å². The Hall–Kier alpha value is -3.77. The summed E-state index contributed by atoms with van der Waals surface area (Å²) in [7, 11) is 1.52. The van der Waals surface area contributed by atoms with E-state index in [1.54, 1.807) is 41.3 Å². The molecule has 0 aliphatic carbocycles. The zero-order valence-electron chi connectivity index (χ0n) is 20.6. The van der Waals surface area contributed by atoms with Gasteiger partial charge in [0, 0.05) is 26.6 Å². The Labute approximate surface area is 210 Å². The number of likely N-dealkylation sites (N-methyl/N-ethyl adjacent to an activating group) is 1. The Bertz CT molecular complexity index is 1110. The predicted molar refractivity (Wildman–Crippen MR) is 133 cm³/mol. The van der Waals surface area contributed by atoms with Crippen molar-refractivity contribution in [3.05, 3.63) is 71.0 Å². The summed E-state index contributed by atoms with van der Waals surface area (Å²) in [6.07, 6.45) is 1.63. The molecule has 1 fully saturated rings. The number of nitrogens with one attached hydrogen (secondary N) is 1. The molecule has 9 heteroatoms. The van der Waals surface area contributed by atoms with Crippen LogP contribution >= 0.6 is 0 Å². The number of carbonyl (C=O) groups is 3. The summed E-state index contributed by atoms with van der Waals surface area (Å²) in [6, 6.07) is 12.4. The Morgan fingerprint density at radius 2 is 1.72 bits per heavy atom. The van der Waals surface area contributed by atoms with Gasteiger partial charge in [0.25, 0.3) is 0 Å². The lowest BCUT2D eigenvalue weighted by Crippen LogP contribution is -2.65. The Kier molecular flexibility index (Phi) is 9.14. The molecule has 1 saturated heterocycles. The molecule has 1 aliphatic heterocycles. The number of nitrogens with two attached hydrogens (primary N) is 1. The van der Waals surface area contributed by atoms with Gasteiger partial charge in [0.1, 0.15) is 17.9 Å². The van der Waals surface area contributed by atoms with Crippen molar-refractivity contribution in [1.82, 2.24) is 15.1 Å². The van der Waals surface area contributed by atoms with Crippen molar-refractivity contribution in [3.8, 4) is 6.07 Å². The van der Waals surface area contributed by atoms with Crippen molar-refractivity contribution in [3.63, 3.8) is 0 Å². The van der Waals surface area contributed by atoms with Crippen LogP contribution in [0.4, 0.5) is 4.39 Å². The van der Waals surface area contributed by atoms with E-state index in [-0.39, 0.29) is 49.5 Å². The van der Waals surface area contributed by atoms with Crippen LogP contribution in [0.1, 0.15) is 36.5 Å². The Morgan fingerprint density at radius 1 is 1.11 bits per heavy atom. The number of nitrogens with zero attached hydrogens (tertiary/aromatic N) is 3. The standard InChI is InChI=1S/C27H32FN5O3/c1-3-4-23-27(36)33(24(25(34)31-2)16-19-5-7-20(17-29)8-6-19)14-13-32(23)26(35)22(30)15-18-9-11-21(28)12-10-18/h5-12,22-24H,3-4,13-16,30H2,1-2H3,(H,31,34)/t22?,23-,24?/m1/s1. The fourth-order valence-electron chi connectivity index (χ4n) is 4.56. The molecule has 3 N–H and O–H groups in total.